The predicted molar refractivity (Wildman–Crippen MR) is 87.0 cm³/mol. The first-order valence-electron chi connectivity index (χ1n) is 7.21. The zero-order chi connectivity index (χ0) is 14.8. The molecule has 0 saturated heterocycles. The standard InChI is InChI=1S/C16H19N3O2.ClH/c1-10-2-4-12(5-3-10)14-8-15(21-19-14)16(20)18-9-13(17)11-6-7-11;/h2-5,8,11,13H,6-7,9,17H2,1H3,(H,18,20);1H. The molecule has 1 heterocycles. The van der Waals surface area contributed by atoms with E-state index in [1.807, 2.05) is 31.2 Å². The van der Waals surface area contributed by atoms with Gasteiger partial charge in [-0.05, 0) is 25.7 Å². The van der Waals surface area contributed by atoms with Crippen molar-refractivity contribution >= 4 is 18.3 Å². The molecule has 3 N–H and O–H groups in total. The van der Waals surface area contributed by atoms with E-state index < -0.39 is 0 Å². The van der Waals surface area contributed by atoms with Gasteiger partial charge >= 0.3 is 0 Å². The minimum Gasteiger partial charge on any atom is -0.350 e. The van der Waals surface area contributed by atoms with Gasteiger partial charge in [0.1, 0.15) is 5.69 Å². The van der Waals surface area contributed by atoms with Gasteiger partial charge in [-0.1, -0.05) is 35.0 Å². The Balaban J connectivity index is 0.00000176. The van der Waals surface area contributed by atoms with Crippen LogP contribution in [0.4, 0.5) is 0 Å². The number of amides is 1. The van der Waals surface area contributed by atoms with Crippen LogP contribution in [0.25, 0.3) is 11.3 Å². The number of rotatable bonds is 5. The molecule has 0 radical (unpaired) electrons. The summed E-state index contributed by atoms with van der Waals surface area (Å²) in [5, 5.41) is 6.74. The third-order valence-corrected chi connectivity index (χ3v) is 3.81. The highest BCUT2D eigenvalue weighted by Crippen LogP contribution is 2.31. The maximum Gasteiger partial charge on any atom is 0.289 e. The van der Waals surface area contributed by atoms with Crippen LogP contribution in [0.5, 0.6) is 0 Å². The number of carbonyl (C=O) groups excluding carboxylic acids is 1. The lowest BCUT2D eigenvalue weighted by molar-refractivity contribution is 0.0913. The lowest BCUT2D eigenvalue weighted by Crippen LogP contribution is -2.38. The van der Waals surface area contributed by atoms with Crippen molar-refractivity contribution in [1.29, 1.82) is 0 Å². The van der Waals surface area contributed by atoms with Crippen molar-refractivity contribution in [3.05, 3.63) is 41.7 Å². The van der Waals surface area contributed by atoms with E-state index in [4.69, 9.17) is 10.3 Å². The molecule has 0 aliphatic heterocycles. The van der Waals surface area contributed by atoms with Crippen LogP contribution in [-0.4, -0.2) is 23.7 Å². The van der Waals surface area contributed by atoms with Gasteiger partial charge in [0, 0.05) is 24.2 Å². The minimum atomic E-state index is -0.267. The molecule has 5 nitrogen and oxygen atoms in total. The average molecular weight is 322 g/mol. The smallest absolute Gasteiger partial charge is 0.289 e. The summed E-state index contributed by atoms with van der Waals surface area (Å²) in [5.74, 6) is 0.508. The largest absolute Gasteiger partial charge is 0.350 e. The van der Waals surface area contributed by atoms with E-state index in [9.17, 15) is 4.79 Å². The molecule has 1 saturated carbocycles. The topological polar surface area (TPSA) is 81.2 Å². The normalized spacial score (nSPS) is 15.0. The van der Waals surface area contributed by atoms with E-state index in [0.717, 1.165) is 18.4 Å². The van der Waals surface area contributed by atoms with Crippen molar-refractivity contribution < 1.29 is 9.32 Å². The molecule has 0 spiro atoms. The van der Waals surface area contributed by atoms with E-state index >= 15 is 0 Å². The molecular weight excluding hydrogens is 302 g/mol. The quantitative estimate of drug-likeness (QED) is 0.886. The van der Waals surface area contributed by atoms with Gasteiger partial charge in [0.15, 0.2) is 0 Å². The van der Waals surface area contributed by atoms with Gasteiger partial charge in [0.2, 0.25) is 5.76 Å². The molecule has 1 aromatic heterocycles. The van der Waals surface area contributed by atoms with Gasteiger partial charge in [0.25, 0.3) is 5.91 Å². The first-order valence-corrected chi connectivity index (χ1v) is 7.21. The Morgan fingerprint density at radius 3 is 2.73 bits per heavy atom. The third kappa shape index (κ3) is 3.87. The maximum absolute atomic E-state index is 12.0. The van der Waals surface area contributed by atoms with E-state index in [1.54, 1.807) is 6.07 Å². The highest BCUT2D eigenvalue weighted by Gasteiger charge is 2.28. The molecule has 1 amide bonds. The molecule has 1 fully saturated rings. The fourth-order valence-electron chi connectivity index (χ4n) is 2.23. The van der Waals surface area contributed by atoms with Crippen LogP contribution >= 0.6 is 12.4 Å². The number of carbonyl (C=O) groups is 1. The van der Waals surface area contributed by atoms with Crippen LogP contribution in [0.1, 0.15) is 29.0 Å². The summed E-state index contributed by atoms with van der Waals surface area (Å²) in [6.07, 6.45) is 2.33. The zero-order valence-corrected chi connectivity index (χ0v) is 13.2. The van der Waals surface area contributed by atoms with Gasteiger partial charge < -0.3 is 15.6 Å². The van der Waals surface area contributed by atoms with E-state index in [1.165, 1.54) is 5.56 Å². The van der Waals surface area contributed by atoms with Crippen molar-refractivity contribution in [2.45, 2.75) is 25.8 Å². The zero-order valence-electron chi connectivity index (χ0n) is 12.4. The number of aromatic nitrogens is 1. The van der Waals surface area contributed by atoms with Gasteiger partial charge in [0.05, 0.1) is 0 Å². The van der Waals surface area contributed by atoms with E-state index in [-0.39, 0.29) is 30.1 Å². The Labute approximate surface area is 135 Å². The van der Waals surface area contributed by atoms with Gasteiger partial charge in [-0.2, -0.15) is 0 Å². The molecule has 0 bridgehead atoms. The molecule has 1 aromatic carbocycles. The maximum atomic E-state index is 12.0. The monoisotopic (exact) mass is 321 g/mol. The predicted octanol–water partition coefficient (Wildman–Crippen LogP) is 2.54. The fraction of sp³-hybridized carbons (Fsp3) is 0.375. The summed E-state index contributed by atoms with van der Waals surface area (Å²) >= 11 is 0. The van der Waals surface area contributed by atoms with Crippen molar-refractivity contribution in [1.82, 2.24) is 10.5 Å². The van der Waals surface area contributed by atoms with Gasteiger partial charge in [-0.15, -0.1) is 12.4 Å². The average Bonchev–Trinajstić information content (AvgIpc) is 3.23. The van der Waals surface area contributed by atoms with Crippen molar-refractivity contribution in [3.8, 4) is 11.3 Å². The summed E-state index contributed by atoms with van der Waals surface area (Å²) in [7, 11) is 0. The molecule has 2 aromatic rings. The van der Waals surface area contributed by atoms with Crippen LogP contribution < -0.4 is 11.1 Å². The Morgan fingerprint density at radius 1 is 1.41 bits per heavy atom. The van der Waals surface area contributed by atoms with Gasteiger partial charge in [-0.3, -0.25) is 4.79 Å². The molecule has 1 atom stereocenters. The van der Waals surface area contributed by atoms with Crippen molar-refractivity contribution in [3.63, 3.8) is 0 Å². The number of halogens is 1. The second-order valence-corrected chi connectivity index (χ2v) is 5.65. The Morgan fingerprint density at radius 2 is 2.09 bits per heavy atom. The molecule has 22 heavy (non-hydrogen) atoms. The molecule has 6 heteroatoms. The summed E-state index contributed by atoms with van der Waals surface area (Å²) in [6.45, 7) is 2.50. The lowest BCUT2D eigenvalue weighted by Gasteiger charge is -2.09. The number of aryl methyl sites for hydroxylation is 1. The Hall–Kier alpha value is -1.85. The fourth-order valence-corrected chi connectivity index (χ4v) is 2.23. The van der Waals surface area contributed by atoms with E-state index in [0.29, 0.717) is 18.2 Å². The highest BCUT2D eigenvalue weighted by molar-refractivity contribution is 5.92. The summed E-state index contributed by atoms with van der Waals surface area (Å²) in [5.41, 5.74) is 8.72. The van der Waals surface area contributed by atoms with Crippen molar-refractivity contribution in [2.75, 3.05) is 6.54 Å². The summed E-state index contributed by atoms with van der Waals surface area (Å²) in [6, 6.07) is 9.60. The van der Waals surface area contributed by atoms with Crippen LogP contribution in [0, 0.1) is 12.8 Å². The van der Waals surface area contributed by atoms with Crippen LogP contribution in [0.3, 0.4) is 0 Å². The summed E-state index contributed by atoms with van der Waals surface area (Å²) < 4.78 is 5.12. The highest BCUT2D eigenvalue weighted by atomic mass is 35.5. The number of benzene rings is 1. The number of hydrogen-bond acceptors (Lipinski definition) is 4. The van der Waals surface area contributed by atoms with Gasteiger partial charge in [-0.25, -0.2) is 0 Å². The first kappa shape index (κ1) is 16.5. The number of hydrogen-bond donors (Lipinski definition) is 2. The van der Waals surface area contributed by atoms with Crippen molar-refractivity contribution in [2.24, 2.45) is 11.7 Å². The summed E-state index contributed by atoms with van der Waals surface area (Å²) in [4.78, 5) is 12.0. The van der Waals surface area contributed by atoms with Crippen LogP contribution in [0.2, 0.25) is 0 Å². The molecule has 1 aliphatic carbocycles. The molecule has 118 valence electrons. The number of nitrogens with one attached hydrogen (secondary N) is 1. The van der Waals surface area contributed by atoms with Crippen LogP contribution in [-0.2, 0) is 0 Å². The van der Waals surface area contributed by atoms with Crippen LogP contribution in [0.15, 0.2) is 34.9 Å². The minimum absolute atomic E-state index is 0. The lowest BCUT2D eigenvalue weighted by atomic mass is 10.1. The number of nitrogens with zero attached hydrogens (tertiary/aromatic N) is 1. The molecule has 1 aliphatic rings. The second kappa shape index (κ2) is 6.94. The third-order valence-electron chi connectivity index (χ3n) is 3.81. The molecule has 3 rings (SSSR count). The second-order valence-electron chi connectivity index (χ2n) is 5.65. The Bertz CT molecular complexity index is 635. The first-order chi connectivity index (χ1) is 10.1. The molecular formula is C16H20ClN3O2. The van der Waals surface area contributed by atoms with E-state index in [2.05, 4.69) is 10.5 Å². The number of nitrogens with two attached hydrogens (primary N) is 1. The Kier molecular flexibility index (Phi) is 5.21. The SMILES string of the molecule is Cc1ccc(-c2cc(C(=O)NCC(N)C3CC3)on2)cc1.Cl. The molecule has 1 unspecified atom stereocenters.